The average Bonchev–Trinajstić information content (AvgIpc) is 3.54. The topological polar surface area (TPSA) is 59.0 Å². The molecular weight excluding hydrogens is 562 g/mol. The number of alkyl halides is 3. The number of methoxy groups -OCH3 is 1. The van der Waals surface area contributed by atoms with Crippen molar-refractivity contribution in [2.45, 2.75) is 58.4 Å². The lowest BCUT2D eigenvalue weighted by atomic mass is 9.79. The van der Waals surface area contributed by atoms with E-state index >= 15 is 4.39 Å². The van der Waals surface area contributed by atoms with Gasteiger partial charge in [0.1, 0.15) is 23.9 Å². The summed E-state index contributed by atoms with van der Waals surface area (Å²) >= 11 is 0. The van der Waals surface area contributed by atoms with Gasteiger partial charge in [-0.25, -0.2) is 4.39 Å². The number of benzene rings is 3. The number of hydrogen-bond acceptors (Lipinski definition) is 4. The Hall–Kier alpha value is -4.01. The van der Waals surface area contributed by atoms with E-state index in [4.69, 9.17) is 9.47 Å². The molecule has 5 nitrogen and oxygen atoms in total. The number of nitrogens with zero attached hydrogens (tertiary/aromatic N) is 1. The monoisotopic (exact) mass is 597 g/mol. The Bertz CT molecular complexity index is 1510. The summed E-state index contributed by atoms with van der Waals surface area (Å²) in [6.07, 6.45) is -0.868. The van der Waals surface area contributed by atoms with Crippen LogP contribution in [-0.4, -0.2) is 36.9 Å². The molecule has 9 heteroatoms. The second kappa shape index (κ2) is 11.9. The molecule has 2 unspecified atom stereocenters. The van der Waals surface area contributed by atoms with Crippen molar-refractivity contribution in [3.63, 3.8) is 0 Å². The Morgan fingerprint density at radius 1 is 1.00 bits per heavy atom. The molecule has 0 spiro atoms. The zero-order chi connectivity index (χ0) is 30.9. The molecule has 1 aliphatic carbocycles. The number of aliphatic carboxylic acids is 1. The highest BCUT2D eigenvalue weighted by atomic mass is 19.4. The van der Waals surface area contributed by atoms with E-state index in [1.54, 1.807) is 43.5 Å². The highest BCUT2D eigenvalue weighted by molar-refractivity contribution is 5.85. The fourth-order valence-corrected chi connectivity index (χ4v) is 6.21. The molecule has 0 bridgehead atoms. The third kappa shape index (κ3) is 6.65. The van der Waals surface area contributed by atoms with Crippen LogP contribution in [0.25, 0.3) is 16.7 Å². The number of hydrogen-bond donors (Lipinski definition) is 1. The number of rotatable bonds is 9. The number of ether oxygens (including phenoxy) is 2. The second-order valence-corrected chi connectivity index (χ2v) is 11.9. The molecule has 43 heavy (non-hydrogen) atoms. The molecule has 0 radical (unpaired) electrons. The lowest BCUT2D eigenvalue weighted by molar-refractivity contribution is -0.169. The predicted molar refractivity (Wildman–Crippen MR) is 158 cm³/mol. The molecule has 5 rings (SSSR count). The average molecular weight is 598 g/mol. The Kier molecular flexibility index (Phi) is 8.45. The first-order valence-electron chi connectivity index (χ1n) is 14.3. The van der Waals surface area contributed by atoms with Crippen molar-refractivity contribution in [1.29, 1.82) is 0 Å². The van der Waals surface area contributed by atoms with Gasteiger partial charge in [0, 0.05) is 23.8 Å². The van der Waals surface area contributed by atoms with Crippen LogP contribution in [0.1, 0.15) is 50.7 Å². The van der Waals surface area contributed by atoms with E-state index in [1.807, 2.05) is 18.2 Å². The van der Waals surface area contributed by atoms with Crippen molar-refractivity contribution in [1.82, 2.24) is 0 Å². The first-order valence-corrected chi connectivity index (χ1v) is 14.3. The maximum atomic E-state index is 15.0. The van der Waals surface area contributed by atoms with Crippen molar-refractivity contribution < 1.29 is 36.9 Å². The summed E-state index contributed by atoms with van der Waals surface area (Å²) in [7, 11) is 1.55. The first kappa shape index (κ1) is 30.4. The van der Waals surface area contributed by atoms with Gasteiger partial charge in [0.15, 0.2) is 0 Å². The van der Waals surface area contributed by atoms with E-state index < -0.39 is 24.1 Å². The molecule has 2 atom stereocenters. The van der Waals surface area contributed by atoms with Gasteiger partial charge in [-0.2, -0.15) is 13.2 Å². The standard InChI is InChI=1S/C34H35F4NO4/c1-33(2)14-4-5-30(33)28-15-21(6-12-27(28)29-18-26(42-3)11-13-31(29)35)20-43-25-9-7-23(8-10-25)39-19-22(34(36,37)38)16-24(39)17-32(40)41/h5-13,15,18,22,24H,4,14,16-17,19-20H2,1-3H3,(H,40,41). The minimum atomic E-state index is -4.38. The quantitative estimate of drug-likeness (QED) is 0.251. The Balaban J connectivity index is 1.37. The summed E-state index contributed by atoms with van der Waals surface area (Å²) in [6.45, 7) is 4.31. The van der Waals surface area contributed by atoms with Crippen LogP contribution in [0.3, 0.4) is 0 Å². The van der Waals surface area contributed by atoms with Gasteiger partial charge in [0.25, 0.3) is 0 Å². The van der Waals surface area contributed by atoms with Crippen LogP contribution in [-0.2, 0) is 11.4 Å². The highest BCUT2D eigenvalue weighted by Crippen LogP contribution is 2.47. The number of anilines is 1. The molecule has 1 saturated heterocycles. The normalized spacial score (nSPS) is 19.8. The lowest BCUT2D eigenvalue weighted by Gasteiger charge is -2.26. The van der Waals surface area contributed by atoms with Crippen molar-refractivity contribution in [2.75, 3.05) is 18.6 Å². The van der Waals surface area contributed by atoms with Crippen molar-refractivity contribution >= 4 is 17.2 Å². The third-order valence-corrected chi connectivity index (χ3v) is 8.55. The fraction of sp³-hybridized carbons (Fsp3) is 0.382. The number of carbonyl (C=O) groups is 1. The molecule has 0 aromatic heterocycles. The molecule has 228 valence electrons. The van der Waals surface area contributed by atoms with E-state index in [0.717, 1.165) is 35.1 Å². The van der Waals surface area contributed by atoms with Gasteiger partial charge < -0.3 is 19.5 Å². The largest absolute Gasteiger partial charge is 0.497 e. The van der Waals surface area contributed by atoms with E-state index in [2.05, 4.69) is 19.9 Å². The van der Waals surface area contributed by atoms with Gasteiger partial charge in [-0.3, -0.25) is 4.79 Å². The van der Waals surface area contributed by atoms with E-state index in [0.29, 0.717) is 22.7 Å². The predicted octanol–water partition coefficient (Wildman–Crippen LogP) is 8.52. The molecule has 0 amide bonds. The number of carboxylic acid groups (broad SMARTS) is 1. The molecule has 1 aliphatic heterocycles. The second-order valence-electron chi connectivity index (χ2n) is 11.9. The highest BCUT2D eigenvalue weighted by Gasteiger charge is 2.48. The van der Waals surface area contributed by atoms with Gasteiger partial charge in [0.05, 0.1) is 19.4 Å². The number of carboxylic acids is 1. The molecule has 1 heterocycles. The Morgan fingerprint density at radius 3 is 2.35 bits per heavy atom. The van der Waals surface area contributed by atoms with E-state index in [9.17, 15) is 23.1 Å². The van der Waals surface area contributed by atoms with Crippen LogP contribution in [0.15, 0.2) is 66.7 Å². The molecule has 1 N–H and O–H groups in total. The van der Waals surface area contributed by atoms with Gasteiger partial charge in [-0.1, -0.05) is 32.1 Å². The summed E-state index contributed by atoms with van der Waals surface area (Å²) in [4.78, 5) is 12.8. The smallest absolute Gasteiger partial charge is 0.393 e. The molecule has 3 aromatic rings. The number of halogens is 4. The summed E-state index contributed by atoms with van der Waals surface area (Å²) in [5.41, 5.74) is 4.62. The Morgan fingerprint density at radius 2 is 1.72 bits per heavy atom. The van der Waals surface area contributed by atoms with Crippen molar-refractivity contribution in [3.05, 3.63) is 83.7 Å². The van der Waals surface area contributed by atoms with Crippen LogP contribution in [0.4, 0.5) is 23.2 Å². The molecule has 3 aromatic carbocycles. The zero-order valence-corrected chi connectivity index (χ0v) is 24.4. The fourth-order valence-electron chi connectivity index (χ4n) is 6.21. The van der Waals surface area contributed by atoms with Gasteiger partial charge >= 0.3 is 12.1 Å². The molecule has 0 saturated carbocycles. The Labute approximate surface area is 248 Å². The number of allylic oxidation sites excluding steroid dienone is 2. The minimum absolute atomic E-state index is 0.0847. The molecular formula is C34H35F4NO4. The van der Waals surface area contributed by atoms with E-state index in [1.165, 1.54) is 11.0 Å². The summed E-state index contributed by atoms with van der Waals surface area (Å²) in [6, 6.07) is 16.5. The summed E-state index contributed by atoms with van der Waals surface area (Å²) in [5.74, 6) is -1.96. The zero-order valence-electron chi connectivity index (χ0n) is 24.4. The molecule has 2 aliphatic rings. The van der Waals surface area contributed by atoms with Crippen LogP contribution in [0.5, 0.6) is 11.5 Å². The SMILES string of the molecule is COc1ccc(F)c(-c2ccc(COc3ccc(N4CC(C(F)(F)F)CC4CC(=O)O)cc3)cc2C2=CCCC2(C)C)c1. The van der Waals surface area contributed by atoms with E-state index in [-0.39, 0.29) is 37.2 Å². The van der Waals surface area contributed by atoms with Crippen LogP contribution in [0, 0.1) is 17.2 Å². The first-order chi connectivity index (χ1) is 20.4. The van der Waals surface area contributed by atoms with Crippen LogP contribution >= 0.6 is 0 Å². The third-order valence-electron chi connectivity index (χ3n) is 8.55. The minimum Gasteiger partial charge on any atom is -0.497 e. The van der Waals surface area contributed by atoms with Crippen molar-refractivity contribution in [2.24, 2.45) is 11.3 Å². The maximum absolute atomic E-state index is 15.0. The van der Waals surface area contributed by atoms with Gasteiger partial charge in [-0.15, -0.1) is 0 Å². The lowest BCUT2D eigenvalue weighted by Crippen LogP contribution is -2.32. The molecule has 1 fully saturated rings. The summed E-state index contributed by atoms with van der Waals surface area (Å²) in [5, 5.41) is 9.23. The van der Waals surface area contributed by atoms with Crippen LogP contribution in [0.2, 0.25) is 0 Å². The van der Waals surface area contributed by atoms with Gasteiger partial charge in [0.2, 0.25) is 0 Å². The van der Waals surface area contributed by atoms with Crippen LogP contribution < -0.4 is 14.4 Å². The van der Waals surface area contributed by atoms with Gasteiger partial charge in [-0.05, 0) is 95.5 Å². The summed E-state index contributed by atoms with van der Waals surface area (Å²) < 4.78 is 66.7. The van der Waals surface area contributed by atoms with Crippen molar-refractivity contribution in [3.8, 4) is 22.6 Å². The maximum Gasteiger partial charge on any atom is 0.393 e.